The van der Waals surface area contributed by atoms with Crippen molar-refractivity contribution < 1.29 is 4.74 Å². The molecule has 4 heteroatoms. The van der Waals surface area contributed by atoms with Gasteiger partial charge in [0.2, 0.25) is 0 Å². The van der Waals surface area contributed by atoms with Crippen LogP contribution in [0.2, 0.25) is 0 Å². The molecule has 0 spiro atoms. The zero-order chi connectivity index (χ0) is 13.8. The predicted molar refractivity (Wildman–Crippen MR) is 85.2 cm³/mol. The molecule has 0 radical (unpaired) electrons. The van der Waals surface area contributed by atoms with Gasteiger partial charge in [-0.15, -0.1) is 0 Å². The number of nitrogens with two attached hydrogens (primary N) is 1. The summed E-state index contributed by atoms with van der Waals surface area (Å²) in [7, 11) is 0. The molecule has 2 rings (SSSR count). The van der Waals surface area contributed by atoms with Gasteiger partial charge in [0.25, 0.3) is 0 Å². The van der Waals surface area contributed by atoms with E-state index in [-0.39, 0.29) is 0 Å². The second kappa shape index (κ2) is 6.55. The quantitative estimate of drug-likeness (QED) is 0.838. The minimum absolute atomic E-state index is 0.521. The highest BCUT2D eigenvalue weighted by Gasteiger charge is 2.05. The summed E-state index contributed by atoms with van der Waals surface area (Å²) in [6.07, 6.45) is 0. The summed E-state index contributed by atoms with van der Waals surface area (Å²) in [5.74, 6) is 0.848. The van der Waals surface area contributed by atoms with Gasteiger partial charge in [-0.3, -0.25) is 0 Å². The van der Waals surface area contributed by atoms with Gasteiger partial charge in [0, 0.05) is 16.6 Å². The van der Waals surface area contributed by atoms with Gasteiger partial charge in [-0.2, -0.15) is 0 Å². The van der Waals surface area contributed by atoms with E-state index >= 15 is 0 Å². The number of ether oxygens (including phenoxy) is 1. The van der Waals surface area contributed by atoms with E-state index in [0.29, 0.717) is 13.2 Å². The largest absolute Gasteiger partial charge is 0.488 e. The Morgan fingerprint density at radius 1 is 1.05 bits per heavy atom. The highest BCUT2D eigenvalue weighted by atomic mass is 79.9. The molecule has 0 amide bonds. The summed E-state index contributed by atoms with van der Waals surface area (Å²) in [4.78, 5) is 0. The predicted octanol–water partition coefficient (Wildman–Crippen LogP) is 4.56. The zero-order valence-corrected chi connectivity index (χ0v) is 13.8. The van der Waals surface area contributed by atoms with Gasteiger partial charge in [0.1, 0.15) is 12.4 Å². The lowest BCUT2D eigenvalue weighted by Gasteiger charge is -2.11. The van der Waals surface area contributed by atoms with Crippen LogP contribution in [0.25, 0.3) is 0 Å². The summed E-state index contributed by atoms with van der Waals surface area (Å²) in [5.41, 5.74) is 9.02. The van der Waals surface area contributed by atoms with Gasteiger partial charge < -0.3 is 10.5 Å². The Morgan fingerprint density at radius 2 is 1.84 bits per heavy atom. The first-order chi connectivity index (χ1) is 9.10. The molecular formula is C15H15Br2NO. The Balaban J connectivity index is 2.10. The number of rotatable bonds is 4. The van der Waals surface area contributed by atoms with Gasteiger partial charge >= 0.3 is 0 Å². The van der Waals surface area contributed by atoms with E-state index in [1.54, 1.807) is 0 Å². The molecule has 0 bridgehead atoms. The van der Waals surface area contributed by atoms with Gasteiger partial charge in [-0.05, 0) is 52.2 Å². The van der Waals surface area contributed by atoms with Gasteiger partial charge in [-0.25, -0.2) is 0 Å². The van der Waals surface area contributed by atoms with Crippen molar-refractivity contribution in [2.45, 2.75) is 20.1 Å². The Hall–Kier alpha value is -0.840. The number of hydrogen-bond acceptors (Lipinski definition) is 2. The molecule has 0 aliphatic rings. The van der Waals surface area contributed by atoms with Crippen molar-refractivity contribution in [3.63, 3.8) is 0 Å². The van der Waals surface area contributed by atoms with Crippen molar-refractivity contribution in [1.82, 2.24) is 0 Å². The minimum Gasteiger partial charge on any atom is -0.488 e. The molecule has 0 aliphatic carbocycles. The molecule has 0 heterocycles. The summed E-state index contributed by atoms with van der Waals surface area (Å²) in [6.45, 7) is 3.12. The van der Waals surface area contributed by atoms with E-state index < -0.39 is 0 Å². The van der Waals surface area contributed by atoms with E-state index in [1.807, 2.05) is 36.4 Å². The van der Waals surface area contributed by atoms with E-state index in [9.17, 15) is 0 Å². The van der Waals surface area contributed by atoms with E-state index in [0.717, 1.165) is 25.8 Å². The van der Waals surface area contributed by atoms with Crippen LogP contribution in [0, 0.1) is 6.92 Å². The average molecular weight is 385 g/mol. The highest BCUT2D eigenvalue weighted by molar-refractivity contribution is 9.10. The Labute approximate surface area is 130 Å². The monoisotopic (exact) mass is 383 g/mol. The lowest BCUT2D eigenvalue weighted by atomic mass is 10.1. The first kappa shape index (κ1) is 14.6. The average Bonchev–Trinajstić information content (AvgIpc) is 2.39. The number of aryl methyl sites for hydroxylation is 1. The lowest BCUT2D eigenvalue weighted by molar-refractivity contribution is 0.303. The molecule has 0 fully saturated rings. The SMILES string of the molecule is Cc1ccc(OCc2ccc(CN)cc2Br)c(Br)c1. The van der Waals surface area contributed by atoms with Crippen molar-refractivity contribution in [3.05, 3.63) is 62.0 Å². The summed E-state index contributed by atoms with van der Waals surface area (Å²) in [5, 5.41) is 0. The highest BCUT2D eigenvalue weighted by Crippen LogP contribution is 2.27. The van der Waals surface area contributed by atoms with Gasteiger partial charge in [0.15, 0.2) is 0 Å². The summed E-state index contributed by atoms with van der Waals surface area (Å²) < 4.78 is 7.82. The molecule has 19 heavy (non-hydrogen) atoms. The van der Waals surface area contributed by atoms with Crippen LogP contribution in [0.3, 0.4) is 0 Å². The molecule has 0 saturated carbocycles. The Bertz CT molecular complexity index is 584. The third-order valence-corrected chi connectivity index (χ3v) is 4.18. The van der Waals surface area contributed by atoms with Crippen molar-refractivity contribution in [2.24, 2.45) is 5.73 Å². The first-order valence-electron chi connectivity index (χ1n) is 5.96. The second-order valence-corrected chi connectivity index (χ2v) is 6.06. The molecule has 2 aromatic carbocycles. The van der Waals surface area contributed by atoms with Crippen LogP contribution >= 0.6 is 31.9 Å². The van der Waals surface area contributed by atoms with Crippen molar-refractivity contribution in [3.8, 4) is 5.75 Å². The third-order valence-electron chi connectivity index (χ3n) is 2.82. The topological polar surface area (TPSA) is 35.2 Å². The number of halogens is 2. The Kier molecular flexibility index (Phi) is 5.02. The fourth-order valence-corrected chi connectivity index (χ4v) is 2.86. The third kappa shape index (κ3) is 3.81. The van der Waals surface area contributed by atoms with E-state index in [4.69, 9.17) is 10.5 Å². The van der Waals surface area contributed by atoms with Crippen LogP contribution in [-0.2, 0) is 13.2 Å². The fraction of sp³-hybridized carbons (Fsp3) is 0.200. The molecule has 2 N–H and O–H groups in total. The second-order valence-electron chi connectivity index (χ2n) is 4.35. The van der Waals surface area contributed by atoms with Gasteiger partial charge in [-0.1, -0.05) is 34.1 Å². The maximum absolute atomic E-state index is 5.82. The normalized spacial score (nSPS) is 10.5. The van der Waals surface area contributed by atoms with Crippen LogP contribution in [0.5, 0.6) is 5.75 Å². The Morgan fingerprint density at radius 3 is 2.47 bits per heavy atom. The molecule has 0 saturated heterocycles. The number of hydrogen-bond donors (Lipinski definition) is 1. The molecule has 0 unspecified atom stereocenters. The van der Waals surface area contributed by atoms with E-state index in [2.05, 4.69) is 38.8 Å². The van der Waals surface area contributed by atoms with Crippen molar-refractivity contribution >= 4 is 31.9 Å². The fourth-order valence-electron chi connectivity index (χ4n) is 1.71. The lowest BCUT2D eigenvalue weighted by Crippen LogP contribution is -2.00. The summed E-state index contributed by atoms with van der Waals surface area (Å²) in [6, 6.07) is 12.1. The smallest absolute Gasteiger partial charge is 0.134 e. The maximum Gasteiger partial charge on any atom is 0.134 e. The number of benzene rings is 2. The van der Waals surface area contributed by atoms with Crippen LogP contribution < -0.4 is 10.5 Å². The zero-order valence-electron chi connectivity index (χ0n) is 10.6. The molecule has 0 aromatic heterocycles. The van der Waals surface area contributed by atoms with Gasteiger partial charge in [0.05, 0.1) is 4.47 Å². The van der Waals surface area contributed by atoms with Crippen LogP contribution in [0.15, 0.2) is 45.3 Å². The minimum atomic E-state index is 0.521. The standard InChI is InChI=1S/C15H15Br2NO/c1-10-2-5-15(14(17)6-10)19-9-12-4-3-11(8-18)7-13(12)16/h2-7H,8-9,18H2,1H3. The first-order valence-corrected chi connectivity index (χ1v) is 7.55. The molecule has 100 valence electrons. The molecular weight excluding hydrogens is 370 g/mol. The van der Waals surface area contributed by atoms with Crippen LogP contribution in [-0.4, -0.2) is 0 Å². The molecule has 2 nitrogen and oxygen atoms in total. The van der Waals surface area contributed by atoms with Crippen molar-refractivity contribution in [2.75, 3.05) is 0 Å². The molecule has 0 atom stereocenters. The van der Waals surface area contributed by atoms with Crippen molar-refractivity contribution in [1.29, 1.82) is 0 Å². The molecule has 2 aromatic rings. The molecule has 0 aliphatic heterocycles. The van der Waals surface area contributed by atoms with E-state index in [1.165, 1.54) is 5.56 Å². The van der Waals surface area contributed by atoms with Crippen LogP contribution in [0.1, 0.15) is 16.7 Å². The maximum atomic E-state index is 5.82. The van der Waals surface area contributed by atoms with Crippen LogP contribution in [0.4, 0.5) is 0 Å². The summed E-state index contributed by atoms with van der Waals surface area (Å²) >= 11 is 7.05.